The number of aryl methyl sites for hydroxylation is 1. The van der Waals surface area contributed by atoms with Gasteiger partial charge < -0.3 is 19.9 Å². The number of carbonyl (C=O) groups is 2. The second-order valence-corrected chi connectivity index (χ2v) is 7.63. The van der Waals surface area contributed by atoms with Crippen LogP contribution in [0.15, 0.2) is 66.7 Å². The van der Waals surface area contributed by atoms with Gasteiger partial charge in [0.25, 0.3) is 0 Å². The normalized spacial score (nSPS) is 11.5. The predicted octanol–water partition coefficient (Wildman–Crippen LogP) is 5.29. The van der Waals surface area contributed by atoms with Gasteiger partial charge in [-0.25, -0.2) is 4.79 Å². The summed E-state index contributed by atoms with van der Waals surface area (Å²) in [4.78, 5) is 23.5. The molecule has 0 aliphatic rings. The van der Waals surface area contributed by atoms with Crippen LogP contribution in [0.1, 0.15) is 35.1 Å². The average Bonchev–Trinajstić information content (AvgIpc) is 2.81. The van der Waals surface area contributed by atoms with Crippen molar-refractivity contribution in [2.45, 2.75) is 32.9 Å². The van der Waals surface area contributed by atoms with Crippen LogP contribution in [-0.4, -0.2) is 24.3 Å². The topological polar surface area (TPSA) is 84.9 Å². The van der Waals surface area contributed by atoms with E-state index in [4.69, 9.17) is 9.47 Å². The number of alkyl carbamates (subject to hydrolysis) is 1. The minimum atomic E-state index is -0.870. The molecule has 1 amide bonds. The second kappa shape index (κ2) is 10.5. The first kappa shape index (κ1) is 22.9. The standard InChI is InChI=1S/C26H27NO5/c1-17-7-9-19(10-8-17)16-32-26(30)27-15-23-14-22(11-12-24(23)31-3)21-6-4-5-20(13-21)18(2)25(28)29/h4-14,18H,15-16H2,1-3H3,(H,27,30)(H,28,29). The summed E-state index contributed by atoms with van der Waals surface area (Å²) in [6.45, 7) is 4.09. The molecule has 2 N–H and O–H groups in total. The Balaban J connectivity index is 1.70. The van der Waals surface area contributed by atoms with Gasteiger partial charge in [0.1, 0.15) is 12.4 Å². The average molecular weight is 434 g/mol. The molecule has 1 atom stereocenters. The van der Waals surface area contributed by atoms with Crippen molar-refractivity contribution in [3.8, 4) is 16.9 Å². The van der Waals surface area contributed by atoms with Gasteiger partial charge in [-0.05, 0) is 48.2 Å². The highest BCUT2D eigenvalue weighted by Crippen LogP contribution is 2.29. The minimum Gasteiger partial charge on any atom is -0.496 e. The number of hydrogen-bond acceptors (Lipinski definition) is 4. The second-order valence-electron chi connectivity index (χ2n) is 7.63. The fourth-order valence-electron chi connectivity index (χ4n) is 3.28. The van der Waals surface area contributed by atoms with Crippen molar-refractivity contribution in [3.05, 3.63) is 89.0 Å². The van der Waals surface area contributed by atoms with E-state index in [-0.39, 0.29) is 13.2 Å². The van der Waals surface area contributed by atoms with Crippen LogP contribution in [0.5, 0.6) is 5.75 Å². The van der Waals surface area contributed by atoms with Gasteiger partial charge in [-0.3, -0.25) is 4.79 Å². The van der Waals surface area contributed by atoms with E-state index < -0.39 is 18.0 Å². The lowest BCUT2D eigenvalue weighted by Crippen LogP contribution is -2.23. The van der Waals surface area contributed by atoms with E-state index >= 15 is 0 Å². The largest absolute Gasteiger partial charge is 0.496 e. The molecule has 1 unspecified atom stereocenters. The minimum absolute atomic E-state index is 0.192. The maximum absolute atomic E-state index is 12.2. The van der Waals surface area contributed by atoms with Gasteiger partial charge in [-0.15, -0.1) is 0 Å². The highest BCUT2D eigenvalue weighted by molar-refractivity contribution is 5.77. The van der Waals surface area contributed by atoms with Crippen molar-refractivity contribution in [2.24, 2.45) is 0 Å². The van der Waals surface area contributed by atoms with Crippen LogP contribution in [0.3, 0.4) is 0 Å². The molecule has 3 aromatic carbocycles. The van der Waals surface area contributed by atoms with Crippen molar-refractivity contribution >= 4 is 12.1 Å². The van der Waals surface area contributed by atoms with Gasteiger partial charge >= 0.3 is 12.1 Å². The Morgan fingerprint density at radius 1 is 1.00 bits per heavy atom. The molecular formula is C26H27NO5. The smallest absolute Gasteiger partial charge is 0.407 e. The summed E-state index contributed by atoms with van der Waals surface area (Å²) in [5.41, 5.74) is 5.37. The molecule has 0 radical (unpaired) electrons. The molecule has 0 saturated carbocycles. The molecule has 32 heavy (non-hydrogen) atoms. The molecule has 0 saturated heterocycles. The van der Waals surface area contributed by atoms with Gasteiger partial charge in [0.15, 0.2) is 0 Å². The summed E-state index contributed by atoms with van der Waals surface area (Å²) in [7, 11) is 1.57. The molecule has 166 valence electrons. The Labute approximate surface area is 187 Å². The van der Waals surface area contributed by atoms with E-state index in [2.05, 4.69) is 5.32 Å². The zero-order chi connectivity index (χ0) is 23.1. The van der Waals surface area contributed by atoms with E-state index in [1.54, 1.807) is 20.1 Å². The Morgan fingerprint density at radius 3 is 2.41 bits per heavy atom. The van der Waals surface area contributed by atoms with Gasteiger partial charge in [-0.2, -0.15) is 0 Å². The molecule has 0 aliphatic heterocycles. The molecule has 3 aromatic rings. The van der Waals surface area contributed by atoms with Crippen LogP contribution in [-0.2, 0) is 22.7 Å². The first-order chi connectivity index (χ1) is 15.4. The third-order valence-corrected chi connectivity index (χ3v) is 5.28. The molecule has 0 heterocycles. The fourth-order valence-corrected chi connectivity index (χ4v) is 3.28. The van der Waals surface area contributed by atoms with E-state index in [1.807, 2.05) is 67.6 Å². The SMILES string of the molecule is COc1ccc(-c2cccc(C(C)C(=O)O)c2)cc1CNC(=O)OCc1ccc(C)cc1. The molecular weight excluding hydrogens is 406 g/mol. The number of rotatable bonds is 8. The maximum atomic E-state index is 12.2. The first-order valence-electron chi connectivity index (χ1n) is 10.3. The molecule has 0 aliphatic carbocycles. The summed E-state index contributed by atoms with van der Waals surface area (Å²) in [6.07, 6.45) is -0.518. The number of aliphatic carboxylic acids is 1. The number of carbonyl (C=O) groups excluding carboxylic acids is 1. The monoisotopic (exact) mass is 433 g/mol. The summed E-state index contributed by atoms with van der Waals surface area (Å²) in [5.74, 6) is -0.828. The fraction of sp³-hybridized carbons (Fsp3) is 0.231. The maximum Gasteiger partial charge on any atom is 0.407 e. The molecule has 0 aromatic heterocycles. The quantitative estimate of drug-likeness (QED) is 0.505. The number of carboxylic acids is 1. The van der Waals surface area contributed by atoms with Crippen molar-refractivity contribution < 1.29 is 24.2 Å². The molecule has 0 bridgehead atoms. The zero-order valence-corrected chi connectivity index (χ0v) is 18.4. The van der Waals surface area contributed by atoms with Crippen LogP contribution in [0.25, 0.3) is 11.1 Å². The summed E-state index contributed by atoms with van der Waals surface area (Å²) < 4.78 is 10.7. The Kier molecular flexibility index (Phi) is 7.49. The first-order valence-corrected chi connectivity index (χ1v) is 10.3. The molecule has 0 spiro atoms. The Hall–Kier alpha value is -3.80. The molecule has 6 nitrogen and oxygen atoms in total. The Morgan fingerprint density at radius 2 is 1.72 bits per heavy atom. The van der Waals surface area contributed by atoms with Crippen LogP contribution >= 0.6 is 0 Å². The number of benzene rings is 3. The van der Waals surface area contributed by atoms with Crippen LogP contribution < -0.4 is 10.1 Å². The summed E-state index contributed by atoms with van der Waals surface area (Å²) in [6, 6.07) is 20.9. The molecule has 3 rings (SSSR count). The van der Waals surface area contributed by atoms with Crippen LogP contribution in [0, 0.1) is 6.92 Å². The van der Waals surface area contributed by atoms with Crippen molar-refractivity contribution in [1.82, 2.24) is 5.32 Å². The third kappa shape index (κ3) is 5.88. The Bertz CT molecular complexity index is 1090. The number of ether oxygens (including phenoxy) is 2. The van der Waals surface area contributed by atoms with Gasteiger partial charge in [0.05, 0.1) is 13.0 Å². The van der Waals surface area contributed by atoms with Crippen molar-refractivity contribution in [1.29, 1.82) is 0 Å². The third-order valence-electron chi connectivity index (χ3n) is 5.28. The summed E-state index contributed by atoms with van der Waals surface area (Å²) in [5, 5.41) is 12.1. The van der Waals surface area contributed by atoms with Crippen molar-refractivity contribution in [3.63, 3.8) is 0 Å². The van der Waals surface area contributed by atoms with Gasteiger partial charge in [-0.1, -0.05) is 60.2 Å². The molecule has 6 heteroatoms. The van der Waals surface area contributed by atoms with Gasteiger partial charge in [0.2, 0.25) is 0 Å². The van der Waals surface area contributed by atoms with E-state index in [0.29, 0.717) is 5.75 Å². The number of amides is 1. The van der Waals surface area contributed by atoms with Crippen LogP contribution in [0.4, 0.5) is 4.79 Å². The lowest BCUT2D eigenvalue weighted by Gasteiger charge is -2.14. The lowest BCUT2D eigenvalue weighted by atomic mass is 9.95. The van der Waals surface area contributed by atoms with E-state index in [0.717, 1.165) is 33.4 Å². The van der Waals surface area contributed by atoms with Crippen LogP contribution in [0.2, 0.25) is 0 Å². The number of nitrogens with one attached hydrogen (secondary N) is 1. The number of hydrogen-bond donors (Lipinski definition) is 2. The zero-order valence-electron chi connectivity index (χ0n) is 18.4. The predicted molar refractivity (Wildman–Crippen MR) is 123 cm³/mol. The van der Waals surface area contributed by atoms with Gasteiger partial charge in [0, 0.05) is 12.1 Å². The number of carboxylic acid groups (broad SMARTS) is 1. The van der Waals surface area contributed by atoms with E-state index in [9.17, 15) is 14.7 Å². The number of methoxy groups -OCH3 is 1. The highest BCUT2D eigenvalue weighted by Gasteiger charge is 2.15. The van der Waals surface area contributed by atoms with Crippen molar-refractivity contribution in [2.75, 3.05) is 7.11 Å². The molecule has 0 fully saturated rings. The highest BCUT2D eigenvalue weighted by atomic mass is 16.5. The van der Waals surface area contributed by atoms with E-state index in [1.165, 1.54) is 0 Å². The lowest BCUT2D eigenvalue weighted by molar-refractivity contribution is -0.138. The summed E-state index contributed by atoms with van der Waals surface area (Å²) >= 11 is 0.